The summed E-state index contributed by atoms with van der Waals surface area (Å²) in [6, 6.07) is 7.65. The van der Waals surface area contributed by atoms with Gasteiger partial charge in [0.05, 0.1) is 5.57 Å². The summed E-state index contributed by atoms with van der Waals surface area (Å²) in [6.07, 6.45) is 5.80. The van der Waals surface area contributed by atoms with Gasteiger partial charge in [-0.25, -0.2) is 0 Å². The zero-order chi connectivity index (χ0) is 14.8. The minimum Gasteiger partial charge on any atom is -0.352 e. The molecule has 0 atom stereocenters. The van der Waals surface area contributed by atoms with Crippen LogP contribution in [0.5, 0.6) is 0 Å². The van der Waals surface area contributed by atoms with Gasteiger partial charge in [-0.3, -0.25) is 9.59 Å². The maximum Gasteiger partial charge on any atom is 0.255 e. The maximum absolute atomic E-state index is 12.6. The van der Waals surface area contributed by atoms with Crippen molar-refractivity contribution in [2.45, 2.75) is 39.0 Å². The minimum atomic E-state index is -0.209. The Bertz CT molecular complexity index is 609. The summed E-state index contributed by atoms with van der Waals surface area (Å²) in [5.41, 5.74) is 3.07. The lowest BCUT2D eigenvalue weighted by atomic mass is 9.80. The summed E-state index contributed by atoms with van der Waals surface area (Å²) >= 11 is 0. The van der Waals surface area contributed by atoms with E-state index < -0.39 is 0 Å². The van der Waals surface area contributed by atoms with Crippen molar-refractivity contribution in [3.8, 4) is 0 Å². The first-order chi connectivity index (χ1) is 10.2. The van der Waals surface area contributed by atoms with Crippen molar-refractivity contribution in [1.29, 1.82) is 0 Å². The number of benzene rings is 1. The molecule has 0 bridgehead atoms. The van der Waals surface area contributed by atoms with Crippen LogP contribution in [0, 0.1) is 5.92 Å². The molecule has 0 aromatic heterocycles. The fourth-order valence-corrected chi connectivity index (χ4v) is 3.60. The van der Waals surface area contributed by atoms with Crippen LogP contribution in [0.15, 0.2) is 29.8 Å². The number of hydrogen-bond donors (Lipinski definition) is 1. The Balaban J connectivity index is 2.09. The highest BCUT2D eigenvalue weighted by atomic mass is 16.2. The van der Waals surface area contributed by atoms with Crippen LogP contribution in [-0.4, -0.2) is 18.2 Å². The highest BCUT2D eigenvalue weighted by Gasteiger charge is 2.37. The van der Waals surface area contributed by atoms with E-state index in [1.807, 2.05) is 31.2 Å². The predicted molar refractivity (Wildman–Crippen MR) is 83.0 cm³/mol. The molecule has 0 aliphatic heterocycles. The van der Waals surface area contributed by atoms with Crippen molar-refractivity contribution in [2.75, 3.05) is 6.54 Å². The van der Waals surface area contributed by atoms with Gasteiger partial charge in [0, 0.05) is 12.1 Å². The van der Waals surface area contributed by atoms with Crippen LogP contribution in [-0.2, 0) is 4.79 Å². The van der Waals surface area contributed by atoms with Crippen LogP contribution >= 0.6 is 0 Å². The SMILES string of the molecule is CCNC(=O)C1=C(C2CCCCC2)c2ccccc2C1=O. The van der Waals surface area contributed by atoms with Crippen LogP contribution in [0.2, 0.25) is 0 Å². The zero-order valence-electron chi connectivity index (χ0n) is 12.4. The molecule has 1 aromatic rings. The molecular weight excluding hydrogens is 262 g/mol. The number of ketones is 1. The van der Waals surface area contributed by atoms with Crippen molar-refractivity contribution in [2.24, 2.45) is 5.92 Å². The zero-order valence-corrected chi connectivity index (χ0v) is 12.4. The molecule has 0 radical (unpaired) electrons. The second kappa shape index (κ2) is 5.84. The monoisotopic (exact) mass is 283 g/mol. The minimum absolute atomic E-state index is 0.0999. The number of allylic oxidation sites excluding steroid dienone is 1. The topological polar surface area (TPSA) is 46.2 Å². The average molecular weight is 283 g/mol. The Labute approximate surface area is 125 Å². The third kappa shape index (κ3) is 2.41. The Hall–Kier alpha value is -1.90. The van der Waals surface area contributed by atoms with Crippen molar-refractivity contribution >= 4 is 17.3 Å². The van der Waals surface area contributed by atoms with Gasteiger partial charge < -0.3 is 5.32 Å². The number of rotatable bonds is 3. The van der Waals surface area contributed by atoms with E-state index in [0.29, 0.717) is 23.6 Å². The summed E-state index contributed by atoms with van der Waals surface area (Å²) < 4.78 is 0. The van der Waals surface area contributed by atoms with Gasteiger partial charge in [-0.2, -0.15) is 0 Å². The van der Waals surface area contributed by atoms with Gasteiger partial charge >= 0.3 is 0 Å². The first kappa shape index (κ1) is 14.1. The molecule has 1 aromatic carbocycles. The number of fused-ring (bicyclic) bond motifs is 1. The highest BCUT2D eigenvalue weighted by Crippen LogP contribution is 2.43. The molecule has 0 saturated heterocycles. The van der Waals surface area contributed by atoms with Gasteiger partial charge in [0.2, 0.25) is 0 Å². The molecule has 1 N–H and O–H groups in total. The van der Waals surface area contributed by atoms with E-state index in [4.69, 9.17) is 0 Å². The second-order valence-corrected chi connectivity index (χ2v) is 5.86. The third-order valence-electron chi connectivity index (χ3n) is 4.54. The van der Waals surface area contributed by atoms with Crippen LogP contribution in [0.3, 0.4) is 0 Å². The van der Waals surface area contributed by atoms with E-state index in [0.717, 1.165) is 24.0 Å². The van der Waals surface area contributed by atoms with Gasteiger partial charge in [-0.05, 0) is 36.8 Å². The lowest BCUT2D eigenvalue weighted by molar-refractivity contribution is -0.117. The third-order valence-corrected chi connectivity index (χ3v) is 4.54. The molecule has 3 nitrogen and oxygen atoms in total. The van der Waals surface area contributed by atoms with Crippen LogP contribution < -0.4 is 5.32 Å². The average Bonchev–Trinajstić information content (AvgIpc) is 2.82. The van der Waals surface area contributed by atoms with Crippen molar-refractivity contribution in [3.05, 3.63) is 41.0 Å². The van der Waals surface area contributed by atoms with E-state index in [9.17, 15) is 9.59 Å². The van der Waals surface area contributed by atoms with Gasteiger partial charge in [0.25, 0.3) is 5.91 Å². The lowest BCUT2D eigenvalue weighted by Crippen LogP contribution is -2.28. The summed E-state index contributed by atoms with van der Waals surface area (Å²) in [7, 11) is 0. The molecular formula is C18H21NO2. The Morgan fingerprint density at radius 3 is 2.48 bits per heavy atom. The maximum atomic E-state index is 12.6. The number of Topliss-reactive ketones (excluding diaryl/α,β-unsaturated/α-hetero) is 1. The van der Waals surface area contributed by atoms with Crippen LogP contribution in [0.1, 0.15) is 54.9 Å². The first-order valence-electron chi connectivity index (χ1n) is 7.90. The molecule has 21 heavy (non-hydrogen) atoms. The Morgan fingerprint density at radius 1 is 1.14 bits per heavy atom. The smallest absolute Gasteiger partial charge is 0.255 e. The Kier molecular flexibility index (Phi) is 3.91. The Morgan fingerprint density at radius 2 is 1.81 bits per heavy atom. The number of carbonyl (C=O) groups excluding carboxylic acids is 2. The fraction of sp³-hybridized carbons (Fsp3) is 0.444. The number of nitrogens with one attached hydrogen (secondary N) is 1. The fourth-order valence-electron chi connectivity index (χ4n) is 3.60. The normalized spacial score (nSPS) is 18.8. The summed E-state index contributed by atoms with van der Waals surface area (Å²) in [5.74, 6) is 0.0420. The van der Waals surface area contributed by atoms with E-state index in [1.54, 1.807) is 0 Å². The van der Waals surface area contributed by atoms with E-state index >= 15 is 0 Å². The summed E-state index contributed by atoms with van der Waals surface area (Å²) in [4.78, 5) is 25.0. The molecule has 3 heteroatoms. The summed E-state index contributed by atoms with van der Waals surface area (Å²) in [5, 5.41) is 2.80. The van der Waals surface area contributed by atoms with E-state index in [-0.39, 0.29) is 11.7 Å². The number of carbonyl (C=O) groups is 2. The highest BCUT2D eigenvalue weighted by molar-refractivity contribution is 6.34. The van der Waals surface area contributed by atoms with Gasteiger partial charge in [-0.15, -0.1) is 0 Å². The van der Waals surface area contributed by atoms with Gasteiger partial charge in [0.15, 0.2) is 5.78 Å². The van der Waals surface area contributed by atoms with Gasteiger partial charge in [0.1, 0.15) is 0 Å². The molecule has 0 spiro atoms. The molecule has 1 fully saturated rings. The van der Waals surface area contributed by atoms with Crippen molar-refractivity contribution in [3.63, 3.8) is 0 Å². The molecule has 2 aliphatic carbocycles. The molecule has 1 amide bonds. The number of hydrogen-bond acceptors (Lipinski definition) is 2. The molecule has 2 aliphatic rings. The summed E-state index contributed by atoms with van der Waals surface area (Å²) in [6.45, 7) is 2.43. The lowest BCUT2D eigenvalue weighted by Gasteiger charge is -2.24. The number of amides is 1. The molecule has 110 valence electrons. The van der Waals surface area contributed by atoms with Gasteiger partial charge in [-0.1, -0.05) is 43.5 Å². The van der Waals surface area contributed by atoms with Crippen LogP contribution in [0.25, 0.3) is 5.57 Å². The van der Waals surface area contributed by atoms with E-state index in [2.05, 4.69) is 5.32 Å². The van der Waals surface area contributed by atoms with E-state index in [1.165, 1.54) is 19.3 Å². The van der Waals surface area contributed by atoms with Crippen molar-refractivity contribution in [1.82, 2.24) is 5.32 Å². The molecule has 0 heterocycles. The van der Waals surface area contributed by atoms with Crippen LogP contribution in [0.4, 0.5) is 0 Å². The molecule has 0 unspecified atom stereocenters. The second-order valence-electron chi connectivity index (χ2n) is 5.86. The predicted octanol–water partition coefficient (Wildman–Crippen LogP) is 3.35. The largest absolute Gasteiger partial charge is 0.352 e. The molecule has 3 rings (SSSR count). The number of likely N-dealkylation sites (N-methyl/N-ethyl adjacent to an activating group) is 1. The molecule has 1 saturated carbocycles. The quantitative estimate of drug-likeness (QED) is 0.865. The first-order valence-corrected chi connectivity index (χ1v) is 7.90. The van der Waals surface area contributed by atoms with Crippen molar-refractivity contribution < 1.29 is 9.59 Å². The standard InChI is InChI=1S/C18H21NO2/c1-2-19-18(21)16-15(12-8-4-3-5-9-12)13-10-6-7-11-14(13)17(16)20/h6-7,10-12H,2-5,8-9H2,1H3,(H,19,21).